The summed E-state index contributed by atoms with van der Waals surface area (Å²) < 4.78 is 0. The molecule has 0 aromatic carbocycles. The van der Waals surface area contributed by atoms with Crippen molar-refractivity contribution in [3.05, 3.63) is 11.6 Å². The Balaban J connectivity index is 2.03. The van der Waals surface area contributed by atoms with Gasteiger partial charge in [0.2, 0.25) is 0 Å². The molecule has 0 N–H and O–H groups in total. The summed E-state index contributed by atoms with van der Waals surface area (Å²) in [6.45, 7) is 6.41. The highest BCUT2D eigenvalue weighted by atomic mass is 16.4. The lowest BCUT2D eigenvalue weighted by Gasteiger charge is -2.65. The van der Waals surface area contributed by atoms with Crippen LogP contribution in [0.1, 0.15) is 52.9 Å². The molecular weight excluding hydrogens is 224 g/mol. The summed E-state index contributed by atoms with van der Waals surface area (Å²) in [5.41, 5.74) is 0.799. The van der Waals surface area contributed by atoms with Gasteiger partial charge in [-0.25, -0.2) is 0 Å². The topological polar surface area (TPSA) is 40.1 Å². The minimum Gasteiger partial charge on any atom is -0.545 e. The highest BCUT2D eigenvalue weighted by molar-refractivity contribution is 5.84. The number of carbonyl (C=O) groups is 1. The highest BCUT2D eigenvalue weighted by Crippen LogP contribution is 2.68. The van der Waals surface area contributed by atoms with Crippen LogP contribution in [0.25, 0.3) is 0 Å². The fourth-order valence-electron chi connectivity index (χ4n) is 5.31. The second-order valence-corrected chi connectivity index (χ2v) is 7.54. The van der Waals surface area contributed by atoms with Gasteiger partial charge in [0.15, 0.2) is 0 Å². The summed E-state index contributed by atoms with van der Waals surface area (Å²) in [4.78, 5) is 11.1. The number of aliphatic carboxylic acids is 1. The highest BCUT2D eigenvalue weighted by Gasteiger charge is 2.59. The van der Waals surface area contributed by atoms with E-state index in [0.29, 0.717) is 5.57 Å². The SMILES string of the molecule is C/C(=C\C12CC3CC(CC(C3)C1(C)C)C2)C(=O)[O-]. The van der Waals surface area contributed by atoms with Gasteiger partial charge in [0, 0.05) is 0 Å². The van der Waals surface area contributed by atoms with Gasteiger partial charge in [-0.05, 0) is 73.2 Å². The Morgan fingerprint density at radius 2 is 1.72 bits per heavy atom. The zero-order chi connectivity index (χ0) is 13.1. The Morgan fingerprint density at radius 1 is 1.17 bits per heavy atom. The second-order valence-electron chi connectivity index (χ2n) is 7.54. The van der Waals surface area contributed by atoms with Gasteiger partial charge in [-0.1, -0.05) is 19.9 Å². The molecule has 0 amide bonds. The lowest BCUT2D eigenvalue weighted by molar-refractivity contribution is -0.299. The predicted octanol–water partition coefficient (Wildman–Crippen LogP) is 2.54. The molecule has 100 valence electrons. The van der Waals surface area contributed by atoms with E-state index in [0.717, 1.165) is 17.8 Å². The van der Waals surface area contributed by atoms with Gasteiger partial charge in [-0.2, -0.15) is 0 Å². The van der Waals surface area contributed by atoms with Crippen LogP contribution < -0.4 is 5.11 Å². The maximum Gasteiger partial charge on any atom is 0.0669 e. The van der Waals surface area contributed by atoms with Crippen molar-refractivity contribution in [1.29, 1.82) is 0 Å². The molecule has 0 saturated heterocycles. The monoisotopic (exact) mass is 247 g/mol. The van der Waals surface area contributed by atoms with Crippen molar-refractivity contribution < 1.29 is 9.90 Å². The quantitative estimate of drug-likeness (QED) is 0.703. The fraction of sp³-hybridized carbons (Fsp3) is 0.812. The molecule has 4 fully saturated rings. The summed E-state index contributed by atoms with van der Waals surface area (Å²) >= 11 is 0. The van der Waals surface area contributed by atoms with Crippen LogP contribution in [0.3, 0.4) is 0 Å². The summed E-state index contributed by atoms with van der Waals surface area (Å²) in [5.74, 6) is 1.46. The number of rotatable bonds is 2. The van der Waals surface area contributed by atoms with E-state index in [9.17, 15) is 9.90 Å². The molecular formula is C16H23O2-. The third-order valence-electron chi connectivity index (χ3n) is 6.33. The first kappa shape index (κ1) is 12.3. The van der Waals surface area contributed by atoms with E-state index in [4.69, 9.17) is 0 Å². The zero-order valence-electron chi connectivity index (χ0n) is 11.7. The first-order valence-corrected chi connectivity index (χ1v) is 7.25. The van der Waals surface area contributed by atoms with Gasteiger partial charge in [-0.15, -0.1) is 0 Å². The molecule has 0 radical (unpaired) electrons. The van der Waals surface area contributed by atoms with Gasteiger partial charge in [0.25, 0.3) is 0 Å². The van der Waals surface area contributed by atoms with E-state index in [-0.39, 0.29) is 10.8 Å². The number of hydrogen-bond donors (Lipinski definition) is 0. The van der Waals surface area contributed by atoms with Crippen LogP contribution in [0.5, 0.6) is 0 Å². The van der Waals surface area contributed by atoms with Gasteiger partial charge in [0.1, 0.15) is 0 Å². The van der Waals surface area contributed by atoms with Crippen molar-refractivity contribution in [2.75, 3.05) is 0 Å². The molecule has 0 spiro atoms. The van der Waals surface area contributed by atoms with Crippen molar-refractivity contribution in [3.8, 4) is 0 Å². The Bertz CT molecular complexity index is 405. The molecule has 0 aromatic rings. The van der Waals surface area contributed by atoms with Gasteiger partial charge >= 0.3 is 0 Å². The standard InChI is InChI=1S/C16H24O2/c1-10(14(17)18)7-16-8-11-4-12(9-16)6-13(5-11)15(16,2)3/h7,11-13H,4-6,8-9H2,1-3H3,(H,17,18)/p-1/b10-7+. The summed E-state index contributed by atoms with van der Waals surface area (Å²) in [6, 6.07) is 0. The Kier molecular flexibility index (Phi) is 2.46. The van der Waals surface area contributed by atoms with Crippen molar-refractivity contribution in [2.45, 2.75) is 52.9 Å². The van der Waals surface area contributed by atoms with Crippen LogP contribution in [-0.2, 0) is 4.79 Å². The van der Waals surface area contributed by atoms with E-state index >= 15 is 0 Å². The van der Waals surface area contributed by atoms with Crippen molar-refractivity contribution >= 4 is 5.97 Å². The average molecular weight is 247 g/mol. The number of hydrogen-bond acceptors (Lipinski definition) is 2. The van der Waals surface area contributed by atoms with Crippen LogP contribution in [0.2, 0.25) is 0 Å². The van der Waals surface area contributed by atoms with Gasteiger partial charge in [-0.3, -0.25) is 0 Å². The molecule has 0 aromatic heterocycles. The largest absolute Gasteiger partial charge is 0.545 e. The Labute approximate surface area is 109 Å². The minimum atomic E-state index is -0.999. The normalized spacial score (nSPS) is 45.3. The molecule has 4 rings (SSSR count). The zero-order valence-corrected chi connectivity index (χ0v) is 11.7. The maximum atomic E-state index is 11.1. The van der Waals surface area contributed by atoms with E-state index < -0.39 is 5.97 Å². The van der Waals surface area contributed by atoms with Crippen molar-refractivity contribution in [3.63, 3.8) is 0 Å². The summed E-state index contributed by atoms with van der Waals surface area (Å²) in [6.07, 6.45) is 8.56. The molecule has 18 heavy (non-hydrogen) atoms. The molecule has 4 aliphatic rings. The van der Waals surface area contributed by atoms with Crippen LogP contribution in [-0.4, -0.2) is 5.97 Å². The van der Waals surface area contributed by atoms with Gasteiger partial charge < -0.3 is 9.90 Å². The average Bonchev–Trinajstić information content (AvgIpc) is 2.25. The molecule has 2 atom stereocenters. The van der Waals surface area contributed by atoms with Crippen LogP contribution in [0.15, 0.2) is 11.6 Å². The lowest BCUT2D eigenvalue weighted by atomic mass is 9.39. The molecule has 0 heterocycles. The maximum absolute atomic E-state index is 11.1. The molecule has 4 aliphatic carbocycles. The molecule has 4 saturated carbocycles. The summed E-state index contributed by atoms with van der Waals surface area (Å²) in [5, 5.41) is 11.1. The Morgan fingerprint density at radius 3 is 2.22 bits per heavy atom. The first-order valence-electron chi connectivity index (χ1n) is 7.25. The molecule has 4 bridgehead atoms. The van der Waals surface area contributed by atoms with Crippen molar-refractivity contribution in [2.24, 2.45) is 28.6 Å². The molecule has 0 aliphatic heterocycles. The molecule has 2 nitrogen and oxygen atoms in total. The van der Waals surface area contributed by atoms with Crippen LogP contribution in [0.4, 0.5) is 0 Å². The van der Waals surface area contributed by atoms with E-state index in [2.05, 4.69) is 19.9 Å². The molecule has 2 unspecified atom stereocenters. The number of carboxylic acid groups (broad SMARTS) is 1. The van der Waals surface area contributed by atoms with Crippen LogP contribution in [0, 0.1) is 28.6 Å². The third-order valence-corrected chi connectivity index (χ3v) is 6.33. The van der Waals surface area contributed by atoms with Crippen molar-refractivity contribution in [1.82, 2.24) is 0 Å². The predicted molar refractivity (Wildman–Crippen MR) is 68.5 cm³/mol. The van der Waals surface area contributed by atoms with E-state index in [1.807, 2.05) is 0 Å². The van der Waals surface area contributed by atoms with E-state index in [1.165, 1.54) is 32.1 Å². The van der Waals surface area contributed by atoms with Crippen LogP contribution >= 0.6 is 0 Å². The number of allylic oxidation sites excluding steroid dienone is 1. The number of carbonyl (C=O) groups excluding carboxylic acids is 1. The third kappa shape index (κ3) is 1.50. The fourth-order valence-corrected chi connectivity index (χ4v) is 5.31. The number of carboxylic acids is 1. The van der Waals surface area contributed by atoms with Gasteiger partial charge in [0.05, 0.1) is 5.97 Å². The Hall–Kier alpha value is -0.790. The minimum absolute atomic E-state index is 0.117. The smallest absolute Gasteiger partial charge is 0.0669 e. The summed E-state index contributed by atoms with van der Waals surface area (Å²) in [7, 11) is 0. The second kappa shape index (κ2) is 3.61. The lowest BCUT2D eigenvalue weighted by Crippen LogP contribution is -2.56. The first-order chi connectivity index (χ1) is 8.34. The molecule has 2 heteroatoms. The van der Waals surface area contributed by atoms with E-state index in [1.54, 1.807) is 6.92 Å².